The first-order chi connectivity index (χ1) is 16.5. The van der Waals surface area contributed by atoms with Crippen molar-refractivity contribution < 1.29 is 33.7 Å². The molecule has 0 amide bonds. The molecule has 0 aliphatic carbocycles. The van der Waals surface area contributed by atoms with Gasteiger partial charge in [0.2, 0.25) is 0 Å². The third kappa shape index (κ3) is 7.75. The lowest BCUT2D eigenvalue weighted by Gasteiger charge is -2.20. The van der Waals surface area contributed by atoms with Crippen LogP contribution in [0.2, 0.25) is 0 Å². The Morgan fingerprint density at radius 1 is 0.706 bits per heavy atom. The van der Waals surface area contributed by atoms with Crippen molar-refractivity contribution in [2.24, 2.45) is 5.92 Å². The molecule has 2 atom stereocenters. The van der Waals surface area contributed by atoms with Gasteiger partial charge in [-0.15, -0.1) is 0 Å². The molecule has 0 radical (unpaired) electrons. The van der Waals surface area contributed by atoms with E-state index in [2.05, 4.69) is 15.0 Å². The molecule has 34 heavy (non-hydrogen) atoms. The van der Waals surface area contributed by atoms with Crippen molar-refractivity contribution in [2.45, 2.75) is 32.3 Å². The van der Waals surface area contributed by atoms with Crippen LogP contribution in [0.5, 0.6) is 0 Å². The number of nitrogens with zero attached hydrogens (tertiary/aromatic N) is 3. The van der Waals surface area contributed by atoms with Gasteiger partial charge in [0.15, 0.2) is 6.10 Å². The molecule has 0 saturated heterocycles. The van der Waals surface area contributed by atoms with Crippen molar-refractivity contribution in [1.82, 2.24) is 15.0 Å². The summed E-state index contributed by atoms with van der Waals surface area (Å²) in [5.74, 6) is -4.36. The van der Waals surface area contributed by atoms with Crippen LogP contribution >= 0.6 is 0 Å². The topological polar surface area (TPSA) is 138 Å². The van der Waals surface area contributed by atoms with E-state index in [1.54, 1.807) is 55.0 Å². The van der Waals surface area contributed by atoms with Crippen molar-refractivity contribution in [3.05, 3.63) is 90.3 Å². The fourth-order valence-corrected chi connectivity index (χ4v) is 2.84. The molecule has 0 aliphatic rings. The zero-order chi connectivity index (χ0) is 24.2. The molecule has 2 unspecified atom stereocenters. The van der Waals surface area contributed by atoms with Gasteiger partial charge in [0.25, 0.3) is 0 Å². The Morgan fingerprint density at radius 3 is 1.59 bits per heavy atom. The fraction of sp³-hybridized carbons (Fsp3) is 0.250. The van der Waals surface area contributed by atoms with Gasteiger partial charge >= 0.3 is 17.9 Å². The average molecular weight is 465 g/mol. The Morgan fingerprint density at radius 2 is 1.15 bits per heavy atom. The van der Waals surface area contributed by atoms with Crippen molar-refractivity contribution in [2.75, 3.05) is 0 Å². The van der Waals surface area contributed by atoms with Gasteiger partial charge in [-0.1, -0.05) is 18.2 Å². The van der Waals surface area contributed by atoms with Gasteiger partial charge in [0.1, 0.15) is 25.7 Å². The maximum atomic E-state index is 12.7. The van der Waals surface area contributed by atoms with Crippen LogP contribution in [-0.2, 0) is 48.4 Å². The number of ether oxygens (including phenoxy) is 3. The van der Waals surface area contributed by atoms with Gasteiger partial charge in [-0.2, -0.15) is 0 Å². The third-order valence-electron chi connectivity index (χ3n) is 4.64. The number of esters is 3. The molecule has 3 heterocycles. The van der Waals surface area contributed by atoms with E-state index in [1.165, 1.54) is 18.6 Å². The number of carbonyl (C=O) groups excluding carboxylic acids is 3. The van der Waals surface area contributed by atoms with E-state index < -0.39 is 36.4 Å². The summed E-state index contributed by atoms with van der Waals surface area (Å²) in [6, 6.07) is 10.1. The second-order valence-corrected chi connectivity index (χ2v) is 7.22. The Balaban J connectivity index is 1.63. The highest BCUT2D eigenvalue weighted by atomic mass is 16.6. The summed E-state index contributed by atoms with van der Waals surface area (Å²) in [6.45, 7) is -0.385. The zero-order valence-electron chi connectivity index (χ0n) is 18.1. The van der Waals surface area contributed by atoms with Gasteiger partial charge in [-0.05, 0) is 18.2 Å². The van der Waals surface area contributed by atoms with Gasteiger partial charge in [-0.25, -0.2) is 4.79 Å². The van der Waals surface area contributed by atoms with Crippen molar-refractivity contribution in [1.29, 1.82) is 0 Å². The second kappa shape index (κ2) is 12.8. The Bertz CT molecular complexity index is 1070. The number of rotatable bonds is 11. The van der Waals surface area contributed by atoms with Crippen LogP contribution in [0.1, 0.15) is 23.1 Å². The van der Waals surface area contributed by atoms with Crippen LogP contribution in [0.25, 0.3) is 0 Å². The molecule has 3 aromatic rings. The van der Waals surface area contributed by atoms with E-state index in [9.17, 15) is 19.5 Å². The number of aliphatic hydroxyl groups is 1. The minimum Gasteiger partial charge on any atom is -0.461 e. The molecule has 3 rings (SSSR count). The predicted octanol–water partition coefficient (Wildman–Crippen LogP) is 1.77. The number of hydrogen-bond acceptors (Lipinski definition) is 10. The average Bonchev–Trinajstić information content (AvgIpc) is 2.89. The van der Waals surface area contributed by atoms with E-state index in [1.807, 2.05) is 0 Å². The first-order valence-corrected chi connectivity index (χ1v) is 10.4. The number of pyridine rings is 3. The number of hydrogen-bond donors (Lipinski definition) is 1. The molecule has 0 aliphatic heterocycles. The SMILES string of the molecule is O=C(CC(C(=O)OCc1cccnc1)C(O)C(=O)OCc1cccnc1)OCc1cccnc1. The predicted molar refractivity (Wildman–Crippen MR) is 116 cm³/mol. The molecular formula is C24H23N3O7. The molecule has 10 heteroatoms. The van der Waals surface area contributed by atoms with Crippen LogP contribution in [0.3, 0.4) is 0 Å². The van der Waals surface area contributed by atoms with Crippen LogP contribution in [-0.4, -0.2) is 44.1 Å². The quantitative estimate of drug-likeness (QED) is 0.329. The monoisotopic (exact) mass is 465 g/mol. The Kier molecular flexibility index (Phi) is 9.18. The van der Waals surface area contributed by atoms with Gasteiger partial charge < -0.3 is 19.3 Å². The second-order valence-electron chi connectivity index (χ2n) is 7.22. The number of aliphatic hydroxyl groups excluding tert-OH is 1. The van der Waals surface area contributed by atoms with Gasteiger partial charge in [-0.3, -0.25) is 24.5 Å². The summed E-state index contributed by atoms with van der Waals surface area (Å²) in [6.07, 6.45) is 6.70. The third-order valence-corrected chi connectivity index (χ3v) is 4.64. The number of carbonyl (C=O) groups is 3. The van der Waals surface area contributed by atoms with E-state index in [4.69, 9.17) is 14.2 Å². The fourth-order valence-electron chi connectivity index (χ4n) is 2.84. The maximum Gasteiger partial charge on any atom is 0.336 e. The first kappa shape index (κ1) is 24.5. The molecule has 176 valence electrons. The molecule has 0 bridgehead atoms. The molecule has 0 spiro atoms. The largest absolute Gasteiger partial charge is 0.461 e. The molecule has 0 saturated carbocycles. The van der Waals surface area contributed by atoms with Crippen LogP contribution in [0.4, 0.5) is 0 Å². The minimum absolute atomic E-state index is 0.0777. The lowest BCUT2D eigenvalue weighted by Crippen LogP contribution is -2.38. The molecule has 3 aromatic heterocycles. The van der Waals surface area contributed by atoms with Crippen LogP contribution < -0.4 is 0 Å². The Hall–Kier alpha value is -4.18. The summed E-state index contributed by atoms with van der Waals surface area (Å²) in [5.41, 5.74) is 1.83. The summed E-state index contributed by atoms with van der Waals surface area (Å²) < 4.78 is 15.5. The summed E-state index contributed by atoms with van der Waals surface area (Å²) in [5, 5.41) is 10.5. The van der Waals surface area contributed by atoms with Gasteiger partial charge in [0, 0.05) is 53.9 Å². The van der Waals surface area contributed by atoms with E-state index in [0.717, 1.165) is 0 Å². The normalized spacial score (nSPS) is 12.3. The Labute approximate surface area is 195 Å². The summed E-state index contributed by atoms with van der Waals surface area (Å²) in [7, 11) is 0. The molecular weight excluding hydrogens is 442 g/mol. The first-order valence-electron chi connectivity index (χ1n) is 10.4. The summed E-state index contributed by atoms with van der Waals surface area (Å²) in [4.78, 5) is 49.3. The maximum absolute atomic E-state index is 12.7. The highest BCUT2D eigenvalue weighted by molar-refractivity contribution is 5.87. The standard InChI is InChI=1S/C24H23N3O7/c28-21(32-14-17-4-1-7-25-11-17)10-20(23(30)33-15-18-5-2-8-26-12-18)22(29)24(31)34-16-19-6-3-9-27-13-19/h1-9,11-13,20,22,29H,10,14-16H2. The number of aromatic nitrogens is 3. The van der Waals surface area contributed by atoms with E-state index in [-0.39, 0.29) is 19.8 Å². The van der Waals surface area contributed by atoms with Gasteiger partial charge in [0.05, 0.1) is 6.42 Å². The molecule has 10 nitrogen and oxygen atoms in total. The van der Waals surface area contributed by atoms with Crippen molar-refractivity contribution >= 4 is 17.9 Å². The smallest absolute Gasteiger partial charge is 0.336 e. The molecule has 1 N–H and O–H groups in total. The van der Waals surface area contributed by atoms with Crippen LogP contribution in [0.15, 0.2) is 73.6 Å². The summed E-state index contributed by atoms with van der Waals surface area (Å²) >= 11 is 0. The lowest BCUT2D eigenvalue weighted by atomic mass is 9.98. The van der Waals surface area contributed by atoms with Crippen LogP contribution in [0, 0.1) is 5.92 Å². The highest BCUT2D eigenvalue weighted by Crippen LogP contribution is 2.17. The van der Waals surface area contributed by atoms with Crippen molar-refractivity contribution in [3.8, 4) is 0 Å². The van der Waals surface area contributed by atoms with E-state index in [0.29, 0.717) is 16.7 Å². The lowest BCUT2D eigenvalue weighted by molar-refractivity contribution is -0.171. The van der Waals surface area contributed by atoms with Crippen molar-refractivity contribution in [3.63, 3.8) is 0 Å². The minimum atomic E-state index is -1.94. The zero-order valence-corrected chi connectivity index (χ0v) is 18.1. The van der Waals surface area contributed by atoms with E-state index >= 15 is 0 Å². The molecule has 0 fully saturated rings. The molecule has 0 aromatic carbocycles. The highest BCUT2D eigenvalue weighted by Gasteiger charge is 2.37.